The molecule has 1 fully saturated rings. The Hall–Kier alpha value is -2.83. The molecule has 0 spiro atoms. The van der Waals surface area contributed by atoms with Gasteiger partial charge >= 0.3 is 0 Å². The number of aromatic nitrogens is 1. The van der Waals surface area contributed by atoms with Gasteiger partial charge in [-0.05, 0) is 42.7 Å². The van der Waals surface area contributed by atoms with E-state index in [0.717, 1.165) is 41.7 Å². The van der Waals surface area contributed by atoms with Crippen LogP contribution in [0.3, 0.4) is 0 Å². The Bertz CT molecular complexity index is 1030. The number of carbonyl (C=O) groups excluding carboxylic acids is 2. The van der Waals surface area contributed by atoms with Crippen molar-refractivity contribution < 1.29 is 18.8 Å². The van der Waals surface area contributed by atoms with Crippen molar-refractivity contribution in [3.8, 4) is 5.75 Å². The van der Waals surface area contributed by atoms with Gasteiger partial charge in [-0.25, -0.2) is 0 Å². The first kappa shape index (κ1) is 26.8. The quantitative estimate of drug-likeness (QED) is 0.579. The molecular weight excluding hydrogens is 442 g/mol. The lowest BCUT2D eigenvalue weighted by molar-refractivity contribution is -0.128. The molecule has 2 amide bonds. The summed E-state index contributed by atoms with van der Waals surface area (Å²) in [6, 6.07) is 3.83. The molecule has 0 bridgehead atoms. The maximum atomic E-state index is 13.7. The number of hydrogen-bond donors (Lipinski definition) is 2. The third-order valence-corrected chi connectivity index (χ3v) is 6.96. The van der Waals surface area contributed by atoms with Crippen LogP contribution in [0.5, 0.6) is 5.75 Å². The Labute approximate surface area is 209 Å². The molecule has 192 valence electrons. The Morgan fingerprint density at radius 1 is 1.03 bits per heavy atom. The van der Waals surface area contributed by atoms with Gasteiger partial charge in [0.15, 0.2) is 0 Å². The largest absolute Gasteiger partial charge is 0.496 e. The van der Waals surface area contributed by atoms with Crippen LogP contribution in [0.25, 0.3) is 0 Å². The zero-order chi connectivity index (χ0) is 26.0. The molecule has 1 saturated carbocycles. The minimum atomic E-state index is -0.940. The summed E-state index contributed by atoms with van der Waals surface area (Å²) in [7, 11) is 1.68. The molecule has 35 heavy (non-hydrogen) atoms. The lowest BCUT2D eigenvalue weighted by atomic mass is 9.77. The number of carbonyl (C=O) groups is 2. The topological polar surface area (TPSA) is 93.5 Å². The highest BCUT2D eigenvalue weighted by Gasteiger charge is 2.41. The lowest BCUT2D eigenvalue weighted by Crippen LogP contribution is -2.59. The fraction of sp³-hybridized carbons (Fsp3) is 0.607. The second-order valence-corrected chi connectivity index (χ2v) is 11.8. The molecule has 1 heterocycles. The van der Waals surface area contributed by atoms with Crippen molar-refractivity contribution in [3.63, 3.8) is 0 Å². The smallest absolute Gasteiger partial charge is 0.252 e. The second kappa shape index (κ2) is 10.0. The number of benzene rings is 1. The van der Waals surface area contributed by atoms with Crippen LogP contribution in [0, 0.1) is 6.92 Å². The van der Waals surface area contributed by atoms with Crippen LogP contribution in [-0.4, -0.2) is 29.6 Å². The lowest BCUT2D eigenvalue weighted by Gasteiger charge is -2.37. The molecule has 7 nitrogen and oxygen atoms in total. The molecule has 0 saturated heterocycles. The van der Waals surface area contributed by atoms with Gasteiger partial charge in [0.05, 0.1) is 13.3 Å². The highest BCUT2D eigenvalue weighted by molar-refractivity contribution is 6.00. The molecule has 1 aliphatic rings. The van der Waals surface area contributed by atoms with Crippen LogP contribution < -0.4 is 15.4 Å². The molecule has 0 unspecified atom stereocenters. The van der Waals surface area contributed by atoms with Crippen LogP contribution >= 0.6 is 0 Å². The average molecular weight is 484 g/mol. The van der Waals surface area contributed by atoms with Gasteiger partial charge in [0.25, 0.3) is 5.91 Å². The summed E-state index contributed by atoms with van der Waals surface area (Å²) >= 11 is 0. The molecule has 2 N–H and O–H groups in total. The summed E-state index contributed by atoms with van der Waals surface area (Å²) in [6.45, 7) is 14.8. The highest BCUT2D eigenvalue weighted by Crippen LogP contribution is 2.41. The third kappa shape index (κ3) is 5.88. The Morgan fingerprint density at radius 2 is 1.60 bits per heavy atom. The molecule has 1 aromatic heterocycles. The zero-order valence-electron chi connectivity index (χ0n) is 22.6. The molecule has 1 aliphatic carbocycles. The fourth-order valence-electron chi connectivity index (χ4n) is 4.78. The van der Waals surface area contributed by atoms with Crippen molar-refractivity contribution in [2.24, 2.45) is 0 Å². The van der Waals surface area contributed by atoms with Crippen LogP contribution in [0.4, 0.5) is 0 Å². The van der Waals surface area contributed by atoms with E-state index < -0.39 is 5.54 Å². The van der Waals surface area contributed by atoms with Gasteiger partial charge in [0.1, 0.15) is 17.0 Å². The number of methoxy groups -OCH3 is 1. The molecule has 7 heteroatoms. The van der Waals surface area contributed by atoms with Crippen molar-refractivity contribution in [1.82, 2.24) is 15.8 Å². The summed E-state index contributed by atoms with van der Waals surface area (Å²) < 4.78 is 10.9. The van der Waals surface area contributed by atoms with E-state index >= 15 is 0 Å². The molecular formula is C28H41N3O4. The zero-order valence-corrected chi connectivity index (χ0v) is 22.6. The van der Waals surface area contributed by atoms with E-state index in [1.54, 1.807) is 13.3 Å². The number of rotatable bonds is 6. The van der Waals surface area contributed by atoms with E-state index in [1.807, 2.05) is 19.1 Å². The van der Waals surface area contributed by atoms with Crippen LogP contribution in [0.15, 0.2) is 22.9 Å². The molecule has 0 atom stereocenters. The van der Waals surface area contributed by atoms with E-state index in [2.05, 4.69) is 57.3 Å². The van der Waals surface area contributed by atoms with Crippen molar-refractivity contribution in [2.45, 2.75) is 103 Å². The number of aryl methyl sites for hydroxylation is 1. The van der Waals surface area contributed by atoms with Gasteiger partial charge in [0, 0.05) is 28.8 Å². The molecule has 0 radical (unpaired) electrons. The van der Waals surface area contributed by atoms with Crippen molar-refractivity contribution >= 4 is 11.8 Å². The minimum Gasteiger partial charge on any atom is -0.496 e. The summed E-state index contributed by atoms with van der Waals surface area (Å²) in [4.78, 5) is 27.2. The number of ether oxygens (including phenoxy) is 1. The maximum absolute atomic E-state index is 13.7. The van der Waals surface area contributed by atoms with Gasteiger partial charge in [0.2, 0.25) is 5.91 Å². The molecule has 2 aromatic rings. The first-order valence-corrected chi connectivity index (χ1v) is 12.5. The van der Waals surface area contributed by atoms with E-state index in [1.165, 1.54) is 0 Å². The summed E-state index contributed by atoms with van der Waals surface area (Å²) in [5, 5.41) is 9.95. The molecule has 1 aromatic carbocycles. The first-order valence-electron chi connectivity index (χ1n) is 12.5. The van der Waals surface area contributed by atoms with Gasteiger partial charge < -0.3 is 19.9 Å². The fourth-order valence-corrected chi connectivity index (χ4v) is 4.78. The summed E-state index contributed by atoms with van der Waals surface area (Å²) in [5.74, 6) is 1.10. The monoisotopic (exact) mass is 483 g/mol. The molecule has 3 rings (SSSR count). The van der Waals surface area contributed by atoms with E-state index in [9.17, 15) is 9.59 Å². The highest BCUT2D eigenvalue weighted by atomic mass is 16.5. The van der Waals surface area contributed by atoms with Crippen molar-refractivity contribution in [2.75, 3.05) is 7.11 Å². The van der Waals surface area contributed by atoms with E-state index in [0.29, 0.717) is 30.7 Å². The standard InChI is InChI=1S/C28H41N3O4/c1-18-20(17-30-35-18)16-29-25(33)28(12-10-9-11-13-28)31-24(32)19-14-21(26(2,3)4)23(34-8)22(15-19)27(5,6)7/h14-15,17H,9-13,16H2,1-8H3,(H,29,33)(H,31,32). The Balaban J connectivity index is 1.95. The third-order valence-electron chi connectivity index (χ3n) is 6.96. The van der Waals surface area contributed by atoms with Crippen molar-refractivity contribution in [3.05, 3.63) is 46.3 Å². The van der Waals surface area contributed by atoms with Crippen LogP contribution in [-0.2, 0) is 22.2 Å². The van der Waals surface area contributed by atoms with E-state index in [-0.39, 0.29) is 22.6 Å². The van der Waals surface area contributed by atoms with Crippen molar-refractivity contribution in [1.29, 1.82) is 0 Å². The van der Waals surface area contributed by atoms with E-state index in [4.69, 9.17) is 9.26 Å². The van der Waals surface area contributed by atoms with Gasteiger partial charge in [-0.2, -0.15) is 0 Å². The van der Waals surface area contributed by atoms with Crippen LogP contribution in [0.1, 0.15) is 106 Å². The number of hydrogen-bond acceptors (Lipinski definition) is 5. The summed E-state index contributed by atoms with van der Waals surface area (Å²) in [6.07, 6.45) is 5.68. The predicted octanol–water partition coefficient (Wildman–Crippen LogP) is 5.34. The number of nitrogens with zero attached hydrogens (tertiary/aromatic N) is 1. The predicted molar refractivity (Wildman–Crippen MR) is 137 cm³/mol. The van der Waals surface area contributed by atoms with Gasteiger partial charge in [-0.15, -0.1) is 0 Å². The minimum absolute atomic E-state index is 0.160. The van der Waals surface area contributed by atoms with Gasteiger partial charge in [-0.3, -0.25) is 9.59 Å². The molecule has 0 aliphatic heterocycles. The number of amides is 2. The van der Waals surface area contributed by atoms with Crippen LogP contribution in [0.2, 0.25) is 0 Å². The average Bonchev–Trinajstić information content (AvgIpc) is 3.20. The first-order chi connectivity index (χ1) is 16.3. The normalized spacial score (nSPS) is 16.0. The Kier molecular flexibility index (Phi) is 7.68. The maximum Gasteiger partial charge on any atom is 0.252 e. The van der Waals surface area contributed by atoms with Gasteiger partial charge in [-0.1, -0.05) is 66.0 Å². The number of nitrogens with one attached hydrogen (secondary N) is 2. The second-order valence-electron chi connectivity index (χ2n) is 11.8. The SMILES string of the molecule is COc1c(C(C)(C)C)cc(C(=O)NC2(C(=O)NCc3cnoc3C)CCCCC2)cc1C(C)(C)C. The summed E-state index contributed by atoms with van der Waals surface area (Å²) in [5.41, 5.74) is 1.94. The Morgan fingerprint density at radius 3 is 2.06 bits per heavy atom.